The van der Waals surface area contributed by atoms with Gasteiger partial charge in [-0.15, -0.1) is 0 Å². The Morgan fingerprint density at radius 3 is 2.25 bits per heavy atom. The average Bonchev–Trinajstić information content (AvgIpc) is 2.75. The second kappa shape index (κ2) is 8.73. The molecule has 0 atom stereocenters. The third kappa shape index (κ3) is 4.08. The van der Waals surface area contributed by atoms with Crippen LogP contribution >= 0.6 is 0 Å². The van der Waals surface area contributed by atoms with E-state index in [0.29, 0.717) is 36.1 Å². The normalized spacial score (nSPS) is 12.8. The van der Waals surface area contributed by atoms with Gasteiger partial charge in [-0.05, 0) is 41.8 Å². The van der Waals surface area contributed by atoms with E-state index in [1.54, 1.807) is 28.4 Å². The predicted molar refractivity (Wildman–Crippen MR) is 107 cm³/mol. The Morgan fingerprint density at radius 2 is 1.61 bits per heavy atom. The topological polar surface area (TPSA) is 69.3 Å². The van der Waals surface area contributed by atoms with Crippen LogP contribution in [0.15, 0.2) is 30.3 Å². The van der Waals surface area contributed by atoms with E-state index in [4.69, 9.17) is 18.9 Å². The number of hydrogen-bond acceptors (Lipinski definition) is 6. The molecule has 7 nitrogen and oxygen atoms in total. The summed E-state index contributed by atoms with van der Waals surface area (Å²) in [7, 11) is 6.44. The van der Waals surface area contributed by atoms with Crippen LogP contribution in [-0.4, -0.2) is 52.3 Å². The van der Waals surface area contributed by atoms with Gasteiger partial charge in [0.15, 0.2) is 11.5 Å². The first-order valence-electron chi connectivity index (χ1n) is 9.07. The highest BCUT2D eigenvalue weighted by Crippen LogP contribution is 2.33. The molecule has 0 saturated carbocycles. The number of benzene rings is 2. The number of amides is 1. The monoisotopic (exact) mass is 386 g/mol. The summed E-state index contributed by atoms with van der Waals surface area (Å²) in [5.74, 6) is 2.77. The SMILES string of the molecule is COc1ccc(OC)c(NCC(=O)N2CCc3cc(OC)c(OC)cc3C2)c1. The summed E-state index contributed by atoms with van der Waals surface area (Å²) in [6, 6.07) is 9.38. The number of nitrogens with zero attached hydrogens (tertiary/aromatic N) is 1. The lowest BCUT2D eigenvalue weighted by Gasteiger charge is -2.30. The molecule has 7 heteroatoms. The summed E-state index contributed by atoms with van der Waals surface area (Å²) < 4.78 is 21.3. The van der Waals surface area contributed by atoms with Gasteiger partial charge in [0.25, 0.3) is 0 Å². The number of rotatable bonds is 7. The molecule has 1 aliphatic heterocycles. The number of hydrogen-bond donors (Lipinski definition) is 1. The van der Waals surface area contributed by atoms with Crippen LogP contribution in [0.4, 0.5) is 5.69 Å². The lowest BCUT2D eigenvalue weighted by atomic mass is 9.98. The molecule has 28 heavy (non-hydrogen) atoms. The number of fused-ring (bicyclic) bond motifs is 1. The Labute approximate surface area is 165 Å². The van der Waals surface area contributed by atoms with Crippen molar-refractivity contribution in [3.63, 3.8) is 0 Å². The number of carbonyl (C=O) groups excluding carboxylic acids is 1. The van der Waals surface area contributed by atoms with Gasteiger partial charge in [0.1, 0.15) is 11.5 Å². The predicted octanol–water partition coefficient (Wildman–Crippen LogP) is 2.72. The molecular formula is C21H26N2O5. The molecule has 1 amide bonds. The van der Waals surface area contributed by atoms with Crippen molar-refractivity contribution in [3.8, 4) is 23.0 Å². The molecular weight excluding hydrogens is 360 g/mol. The third-order valence-electron chi connectivity index (χ3n) is 4.91. The highest BCUT2D eigenvalue weighted by molar-refractivity contribution is 5.82. The number of nitrogens with one attached hydrogen (secondary N) is 1. The first-order chi connectivity index (χ1) is 13.6. The molecule has 1 heterocycles. The quantitative estimate of drug-likeness (QED) is 0.789. The molecule has 0 unspecified atom stereocenters. The number of anilines is 1. The van der Waals surface area contributed by atoms with Crippen molar-refractivity contribution in [1.82, 2.24) is 4.90 Å². The minimum atomic E-state index is 0.0188. The number of methoxy groups -OCH3 is 4. The maximum Gasteiger partial charge on any atom is 0.242 e. The van der Waals surface area contributed by atoms with Crippen LogP contribution in [0, 0.1) is 0 Å². The summed E-state index contributed by atoms with van der Waals surface area (Å²) >= 11 is 0. The van der Waals surface area contributed by atoms with Crippen LogP contribution < -0.4 is 24.3 Å². The van der Waals surface area contributed by atoms with Gasteiger partial charge in [-0.25, -0.2) is 0 Å². The first-order valence-corrected chi connectivity index (χ1v) is 9.07. The highest BCUT2D eigenvalue weighted by atomic mass is 16.5. The van der Waals surface area contributed by atoms with Crippen molar-refractivity contribution in [3.05, 3.63) is 41.5 Å². The maximum absolute atomic E-state index is 12.7. The highest BCUT2D eigenvalue weighted by Gasteiger charge is 2.23. The maximum atomic E-state index is 12.7. The summed E-state index contributed by atoms with van der Waals surface area (Å²) in [6.07, 6.45) is 0.782. The largest absolute Gasteiger partial charge is 0.497 e. The van der Waals surface area contributed by atoms with Crippen LogP contribution in [0.5, 0.6) is 23.0 Å². The molecule has 0 fully saturated rings. The van der Waals surface area contributed by atoms with E-state index < -0.39 is 0 Å². The van der Waals surface area contributed by atoms with E-state index in [2.05, 4.69) is 5.32 Å². The van der Waals surface area contributed by atoms with Gasteiger partial charge < -0.3 is 29.2 Å². The van der Waals surface area contributed by atoms with Gasteiger partial charge in [0.2, 0.25) is 5.91 Å². The Balaban J connectivity index is 1.68. The van der Waals surface area contributed by atoms with Crippen LogP contribution in [0.25, 0.3) is 0 Å². The van der Waals surface area contributed by atoms with Gasteiger partial charge in [-0.3, -0.25) is 4.79 Å². The van der Waals surface area contributed by atoms with Gasteiger partial charge in [-0.1, -0.05) is 0 Å². The second-order valence-corrected chi connectivity index (χ2v) is 6.46. The van der Waals surface area contributed by atoms with E-state index in [1.165, 1.54) is 5.56 Å². The third-order valence-corrected chi connectivity index (χ3v) is 4.91. The first kappa shape index (κ1) is 19.7. The molecule has 0 aromatic heterocycles. The van der Waals surface area contributed by atoms with Crippen LogP contribution in [0.1, 0.15) is 11.1 Å². The van der Waals surface area contributed by atoms with Gasteiger partial charge in [-0.2, -0.15) is 0 Å². The lowest BCUT2D eigenvalue weighted by molar-refractivity contribution is -0.130. The molecule has 150 valence electrons. The molecule has 3 rings (SSSR count). The Kier molecular flexibility index (Phi) is 6.13. The molecule has 0 radical (unpaired) electrons. The van der Waals surface area contributed by atoms with Crippen molar-refractivity contribution in [2.24, 2.45) is 0 Å². The van der Waals surface area contributed by atoms with E-state index in [-0.39, 0.29) is 12.5 Å². The minimum Gasteiger partial charge on any atom is -0.497 e. The van der Waals surface area contributed by atoms with Crippen molar-refractivity contribution < 1.29 is 23.7 Å². The molecule has 1 N–H and O–H groups in total. The smallest absolute Gasteiger partial charge is 0.242 e. The van der Waals surface area contributed by atoms with E-state index >= 15 is 0 Å². The number of carbonyl (C=O) groups is 1. The molecule has 0 saturated heterocycles. The molecule has 1 aliphatic rings. The van der Waals surface area contributed by atoms with Crippen molar-refractivity contribution in [1.29, 1.82) is 0 Å². The van der Waals surface area contributed by atoms with E-state index in [1.807, 2.05) is 35.2 Å². The zero-order valence-corrected chi connectivity index (χ0v) is 16.7. The summed E-state index contributed by atoms with van der Waals surface area (Å²) in [6.45, 7) is 1.38. The van der Waals surface area contributed by atoms with Crippen molar-refractivity contribution in [2.45, 2.75) is 13.0 Å². The average molecular weight is 386 g/mol. The molecule has 2 aromatic rings. The van der Waals surface area contributed by atoms with E-state index in [0.717, 1.165) is 17.7 Å². The fraction of sp³-hybridized carbons (Fsp3) is 0.381. The Hall–Kier alpha value is -3.09. The number of ether oxygens (including phenoxy) is 4. The molecule has 0 aliphatic carbocycles. The second-order valence-electron chi connectivity index (χ2n) is 6.46. The van der Waals surface area contributed by atoms with Crippen LogP contribution in [0.2, 0.25) is 0 Å². The lowest BCUT2D eigenvalue weighted by Crippen LogP contribution is -2.39. The van der Waals surface area contributed by atoms with Crippen molar-refractivity contribution >= 4 is 11.6 Å². The molecule has 0 spiro atoms. The molecule has 2 aromatic carbocycles. The fourth-order valence-electron chi connectivity index (χ4n) is 3.33. The summed E-state index contributed by atoms with van der Waals surface area (Å²) in [5, 5.41) is 3.16. The van der Waals surface area contributed by atoms with Gasteiger partial charge >= 0.3 is 0 Å². The minimum absolute atomic E-state index is 0.0188. The van der Waals surface area contributed by atoms with Gasteiger partial charge in [0, 0.05) is 19.2 Å². The van der Waals surface area contributed by atoms with Crippen LogP contribution in [0.3, 0.4) is 0 Å². The Bertz CT molecular complexity index is 853. The fourth-order valence-corrected chi connectivity index (χ4v) is 3.33. The zero-order chi connectivity index (χ0) is 20.1. The molecule has 0 bridgehead atoms. The zero-order valence-electron chi connectivity index (χ0n) is 16.7. The Morgan fingerprint density at radius 1 is 0.929 bits per heavy atom. The summed E-state index contributed by atoms with van der Waals surface area (Å²) in [4.78, 5) is 14.6. The van der Waals surface area contributed by atoms with Crippen molar-refractivity contribution in [2.75, 3.05) is 46.8 Å². The van der Waals surface area contributed by atoms with Crippen LogP contribution in [-0.2, 0) is 17.8 Å². The van der Waals surface area contributed by atoms with Gasteiger partial charge in [0.05, 0.1) is 40.7 Å². The standard InChI is InChI=1S/C21H26N2O5/c1-25-16-5-6-18(26-2)17(11-16)22-12-21(24)23-8-7-14-9-19(27-3)20(28-4)10-15(14)13-23/h5-6,9-11,22H,7-8,12-13H2,1-4H3. The summed E-state index contributed by atoms with van der Waals surface area (Å²) in [5.41, 5.74) is 2.99. The van der Waals surface area contributed by atoms with E-state index in [9.17, 15) is 4.79 Å².